The summed E-state index contributed by atoms with van der Waals surface area (Å²) in [5.74, 6) is 0.299. The van der Waals surface area contributed by atoms with Crippen molar-refractivity contribution < 1.29 is 9.53 Å². The van der Waals surface area contributed by atoms with E-state index in [1.165, 1.54) is 133 Å². The van der Waals surface area contributed by atoms with Crippen LogP contribution < -0.4 is 4.48 Å². The van der Waals surface area contributed by atoms with Crippen LogP contribution in [0.2, 0.25) is 0 Å². The van der Waals surface area contributed by atoms with Crippen LogP contribution in [0.3, 0.4) is 0 Å². The van der Waals surface area contributed by atoms with Crippen molar-refractivity contribution in [2.24, 2.45) is 0 Å². The highest BCUT2D eigenvalue weighted by atomic mass is 16.5. The molecule has 4 nitrogen and oxygen atoms in total. The Balaban J connectivity index is 1.40. The van der Waals surface area contributed by atoms with E-state index in [1.54, 1.807) is 0 Å². The molecule has 0 radical (unpaired) electrons. The molecule has 0 spiro atoms. The van der Waals surface area contributed by atoms with E-state index < -0.39 is 0 Å². The topological polar surface area (TPSA) is 29.5 Å². The highest BCUT2D eigenvalue weighted by molar-refractivity contribution is 5.78. The average Bonchev–Trinajstić information content (AvgIpc) is 3.37. The number of carbonyl (C=O) groups excluding carboxylic acids is 1. The summed E-state index contributed by atoms with van der Waals surface area (Å²) < 4.78 is 6.83. The Bertz CT molecular complexity index is 782. The number of rotatable bonds is 27. The molecule has 1 saturated heterocycles. The first-order valence-electron chi connectivity index (χ1n) is 17.8. The van der Waals surface area contributed by atoms with E-state index in [-0.39, 0.29) is 0 Å². The number of amides is 1. The van der Waals surface area contributed by atoms with Crippen LogP contribution in [0.1, 0.15) is 154 Å². The van der Waals surface area contributed by atoms with E-state index in [0.717, 1.165) is 50.3 Å². The van der Waals surface area contributed by atoms with E-state index in [2.05, 4.69) is 45.2 Å². The van der Waals surface area contributed by atoms with E-state index in [1.807, 2.05) is 4.90 Å². The zero-order valence-corrected chi connectivity index (χ0v) is 27.6. The van der Waals surface area contributed by atoms with Crippen LogP contribution in [0.4, 0.5) is 5.69 Å². The van der Waals surface area contributed by atoms with Gasteiger partial charge in [-0.15, -0.1) is 0 Å². The largest absolute Gasteiger partial charge is 0.376 e. The molecule has 0 N–H and O–H groups in total. The molecule has 1 atom stereocenters. The van der Waals surface area contributed by atoms with E-state index in [0.29, 0.717) is 12.3 Å². The second-order valence-electron chi connectivity index (χ2n) is 13.1. The van der Waals surface area contributed by atoms with Gasteiger partial charge in [-0.25, -0.2) is 0 Å². The normalized spacial score (nSPS) is 15.1. The van der Waals surface area contributed by atoms with Gasteiger partial charge < -0.3 is 4.74 Å². The molecule has 236 valence electrons. The van der Waals surface area contributed by atoms with Gasteiger partial charge >= 0.3 is 0 Å². The summed E-state index contributed by atoms with van der Waals surface area (Å²) in [4.78, 5) is 14.4. The number of hydrogen-bond acceptors (Lipinski definition) is 2. The van der Waals surface area contributed by atoms with E-state index in [4.69, 9.17) is 4.74 Å². The van der Waals surface area contributed by atoms with E-state index in [9.17, 15) is 4.79 Å². The highest BCUT2D eigenvalue weighted by Gasteiger charge is 2.33. The third-order valence-electron chi connectivity index (χ3n) is 9.22. The summed E-state index contributed by atoms with van der Waals surface area (Å²) in [6.45, 7) is 8.60. The Morgan fingerprint density at radius 1 is 0.707 bits per heavy atom. The van der Waals surface area contributed by atoms with Gasteiger partial charge in [0.25, 0.3) is 0 Å². The predicted octanol–water partition coefficient (Wildman–Crippen LogP) is 10.4. The quantitative estimate of drug-likeness (QED) is 0.0776. The zero-order chi connectivity index (χ0) is 29.4. The van der Waals surface area contributed by atoms with Gasteiger partial charge in [0.15, 0.2) is 6.67 Å². The molecule has 1 heterocycles. The lowest BCUT2D eigenvalue weighted by molar-refractivity contribution is -0.129. The lowest BCUT2D eigenvalue weighted by Crippen LogP contribution is -2.55. The monoisotopic (exact) mass is 572 g/mol. The maximum atomic E-state index is 12.3. The molecule has 1 amide bonds. The molecule has 1 aliphatic heterocycles. The Hall–Kier alpha value is -1.39. The number of para-hydroxylation sites is 1. The molecule has 2 rings (SSSR count). The maximum absolute atomic E-state index is 12.3. The van der Waals surface area contributed by atoms with Crippen molar-refractivity contribution in [3.8, 4) is 0 Å². The molecular formula is C37H67N2O2+. The molecule has 0 saturated carbocycles. The Labute approximate surface area is 255 Å². The van der Waals surface area contributed by atoms with Crippen molar-refractivity contribution in [3.05, 3.63) is 29.8 Å². The van der Waals surface area contributed by atoms with Gasteiger partial charge in [0.1, 0.15) is 12.2 Å². The lowest BCUT2D eigenvalue weighted by Gasteiger charge is -2.38. The van der Waals surface area contributed by atoms with Crippen molar-refractivity contribution >= 4 is 11.6 Å². The summed E-state index contributed by atoms with van der Waals surface area (Å²) in [6, 6.07) is 8.61. The van der Waals surface area contributed by atoms with Crippen LogP contribution in [-0.2, 0) is 9.53 Å². The maximum Gasteiger partial charge on any atom is 0.226 e. The summed E-state index contributed by atoms with van der Waals surface area (Å²) in [5.41, 5.74) is 2.59. The summed E-state index contributed by atoms with van der Waals surface area (Å²) >= 11 is 0. The lowest BCUT2D eigenvalue weighted by atomic mass is 10.0. The number of likely N-dealkylation sites (tertiary alicyclic amines) is 1. The first-order chi connectivity index (χ1) is 20.1. The zero-order valence-electron chi connectivity index (χ0n) is 27.6. The summed E-state index contributed by atoms with van der Waals surface area (Å²) in [7, 11) is 2.26. The standard InChI is InChI=1S/C37H67N2O2/c1-4-5-6-7-8-9-10-11-12-13-14-15-16-17-18-19-20-21-22-25-32-41-33-31-39(3,34-38-30-26-29-37(38)40)36-28-24-23-27-35(36)2/h23-24,27-28H,4-22,25-26,29-34H2,1-3H3/q+1. The van der Waals surface area contributed by atoms with Gasteiger partial charge in [0.05, 0.1) is 13.7 Å². The minimum absolute atomic E-state index is 0.299. The number of hydrogen-bond donors (Lipinski definition) is 0. The number of quaternary nitrogens is 1. The Morgan fingerprint density at radius 3 is 1.66 bits per heavy atom. The fraction of sp³-hybridized carbons (Fsp3) is 0.811. The first-order valence-corrected chi connectivity index (χ1v) is 17.8. The Morgan fingerprint density at radius 2 is 1.20 bits per heavy atom. The number of carbonyl (C=O) groups is 1. The van der Waals surface area contributed by atoms with E-state index >= 15 is 0 Å². The molecule has 0 bridgehead atoms. The molecule has 4 heteroatoms. The van der Waals surface area contributed by atoms with Gasteiger partial charge in [-0.3, -0.25) is 14.2 Å². The number of ether oxygens (including phenoxy) is 1. The fourth-order valence-corrected chi connectivity index (χ4v) is 6.49. The fourth-order valence-electron chi connectivity index (χ4n) is 6.49. The number of nitrogens with zero attached hydrogens (tertiary/aromatic N) is 2. The van der Waals surface area contributed by atoms with Gasteiger partial charge in [0.2, 0.25) is 5.91 Å². The smallest absolute Gasteiger partial charge is 0.226 e. The highest BCUT2D eigenvalue weighted by Crippen LogP contribution is 2.27. The molecular weight excluding hydrogens is 504 g/mol. The van der Waals surface area contributed by atoms with Crippen LogP contribution in [0.15, 0.2) is 24.3 Å². The summed E-state index contributed by atoms with van der Waals surface area (Å²) in [6.07, 6.45) is 29.9. The van der Waals surface area contributed by atoms with Crippen molar-refractivity contribution in [1.29, 1.82) is 0 Å². The third-order valence-corrected chi connectivity index (χ3v) is 9.22. The van der Waals surface area contributed by atoms with Crippen molar-refractivity contribution in [2.45, 2.75) is 155 Å². The average molecular weight is 572 g/mol. The van der Waals surface area contributed by atoms with Crippen molar-refractivity contribution in [2.75, 3.05) is 40.0 Å². The molecule has 41 heavy (non-hydrogen) atoms. The van der Waals surface area contributed by atoms with Crippen LogP contribution in [0.25, 0.3) is 0 Å². The van der Waals surface area contributed by atoms with Crippen LogP contribution in [0, 0.1) is 6.92 Å². The minimum Gasteiger partial charge on any atom is -0.376 e. The third kappa shape index (κ3) is 16.1. The minimum atomic E-state index is 0.299. The van der Waals surface area contributed by atoms with Crippen LogP contribution in [-0.4, -0.2) is 50.8 Å². The van der Waals surface area contributed by atoms with Crippen LogP contribution >= 0.6 is 0 Å². The van der Waals surface area contributed by atoms with Gasteiger partial charge in [-0.05, 0) is 25.8 Å². The molecule has 0 aromatic heterocycles. The SMILES string of the molecule is CCCCCCCCCCCCCCCCCCCCCCOCC[N+](C)(CN1CCCC1=O)c1ccccc1C. The second-order valence-corrected chi connectivity index (χ2v) is 13.1. The molecule has 1 unspecified atom stereocenters. The second kappa shape index (κ2) is 23.1. The van der Waals surface area contributed by atoms with Gasteiger partial charge in [0, 0.05) is 25.1 Å². The number of benzene rings is 1. The molecule has 1 aromatic carbocycles. The van der Waals surface area contributed by atoms with Crippen molar-refractivity contribution in [3.63, 3.8) is 0 Å². The van der Waals surface area contributed by atoms with Gasteiger partial charge in [-0.2, -0.15) is 0 Å². The number of likely N-dealkylation sites (N-methyl/N-ethyl adjacent to an activating group) is 1. The van der Waals surface area contributed by atoms with Crippen LogP contribution in [0.5, 0.6) is 0 Å². The summed E-state index contributed by atoms with van der Waals surface area (Å²) in [5, 5.41) is 0. The first kappa shape index (κ1) is 35.8. The number of aryl methyl sites for hydroxylation is 1. The molecule has 0 aliphatic carbocycles. The molecule has 1 fully saturated rings. The van der Waals surface area contributed by atoms with Crippen molar-refractivity contribution in [1.82, 2.24) is 9.38 Å². The van der Waals surface area contributed by atoms with Gasteiger partial charge in [-0.1, -0.05) is 147 Å². The molecule has 1 aliphatic rings. The predicted molar refractivity (Wildman–Crippen MR) is 178 cm³/mol. The number of unbranched alkanes of at least 4 members (excludes halogenated alkanes) is 19. The molecule has 1 aromatic rings. The Kier molecular flexibility index (Phi) is 20.2.